The normalized spacial score (nSPS) is 10.9. The van der Waals surface area contributed by atoms with Crippen molar-refractivity contribution in [2.75, 3.05) is 20.2 Å². The van der Waals surface area contributed by atoms with Crippen LogP contribution in [-0.2, 0) is 11.3 Å². The van der Waals surface area contributed by atoms with E-state index < -0.39 is 0 Å². The maximum Gasteiger partial charge on any atom is 0.220 e. The van der Waals surface area contributed by atoms with Crippen molar-refractivity contribution < 1.29 is 18.7 Å². The molecule has 0 saturated carbocycles. The average molecular weight is 534 g/mol. The molecule has 0 aliphatic rings. The van der Waals surface area contributed by atoms with E-state index in [0.717, 1.165) is 24.9 Å². The predicted molar refractivity (Wildman–Crippen MR) is 130 cm³/mol. The number of hydrogen-bond acceptors (Lipinski definition) is 5. The highest BCUT2D eigenvalue weighted by molar-refractivity contribution is 14.1. The maximum atomic E-state index is 12.7. The molecule has 31 heavy (non-hydrogen) atoms. The first-order valence-electron chi connectivity index (χ1n) is 10.3. The molecular weight excluding hydrogens is 507 g/mol. The van der Waals surface area contributed by atoms with Gasteiger partial charge in [0.25, 0.3) is 0 Å². The molecule has 0 aliphatic heterocycles. The van der Waals surface area contributed by atoms with Crippen LogP contribution in [0.1, 0.15) is 40.9 Å². The predicted octanol–water partition coefficient (Wildman–Crippen LogP) is 4.61. The van der Waals surface area contributed by atoms with Gasteiger partial charge in [0.2, 0.25) is 5.91 Å². The Hall–Kier alpha value is -2.39. The van der Waals surface area contributed by atoms with Crippen LogP contribution in [0.25, 0.3) is 11.0 Å². The van der Waals surface area contributed by atoms with Gasteiger partial charge in [0, 0.05) is 40.5 Å². The first-order valence-corrected chi connectivity index (χ1v) is 11.4. The van der Waals surface area contributed by atoms with Crippen molar-refractivity contribution in [1.82, 2.24) is 10.6 Å². The highest BCUT2D eigenvalue weighted by Crippen LogP contribution is 2.32. The van der Waals surface area contributed by atoms with Crippen molar-refractivity contribution >= 4 is 45.3 Å². The summed E-state index contributed by atoms with van der Waals surface area (Å²) in [5.74, 6) is 1.11. The molecule has 1 amide bonds. The Bertz CT molecular complexity index is 1060. The van der Waals surface area contributed by atoms with Gasteiger partial charge in [0.1, 0.15) is 5.76 Å². The Balaban J connectivity index is 1.39. The number of amides is 1. The van der Waals surface area contributed by atoms with Crippen molar-refractivity contribution in [1.29, 1.82) is 0 Å². The average Bonchev–Trinajstić information content (AvgIpc) is 3.15. The number of methoxy groups -OCH3 is 1. The quantitative estimate of drug-likeness (QED) is 0.213. The fourth-order valence-electron chi connectivity index (χ4n) is 3.40. The zero-order valence-electron chi connectivity index (χ0n) is 17.8. The Kier molecular flexibility index (Phi) is 8.48. The van der Waals surface area contributed by atoms with E-state index in [0.29, 0.717) is 29.2 Å². The molecule has 3 rings (SSSR count). The van der Waals surface area contributed by atoms with Gasteiger partial charge in [-0.25, -0.2) is 0 Å². The van der Waals surface area contributed by atoms with Crippen molar-refractivity contribution in [3.63, 3.8) is 0 Å². The van der Waals surface area contributed by atoms with Crippen LogP contribution in [0, 0.1) is 10.5 Å². The van der Waals surface area contributed by atoms with Crippen LogP contribution in [0.2, 0.25) is 0 Å². The van der Waals surface area contributed by atoms with Gasteiger partial charge in [-0.05, 0) is 78.4 Å². The molecule has 0 bridgehead atoms. The molecule has 164 valence electrons. The van der Waals surface area contributed by atoms with Gasteiger partial charge in [-0.1, -0.05) is 12.1 Å². The lowest BCUT2D eigenvalue weighted by atomic mass is 10.0. The molecule has 2 N–H and O–H groups in total. The van der Waals surface area contributed by atoms with E-state index in [4.69, 9.17) is 9.15 Å². The lowest BCUT2D eigenvalue weighted by Gasteiger charge is -2.08. The molecule has 6 nitrogen and oxygen atoms in total. The zero-order chi connectivity index (χ0) is 22.2. The number of carbonyl (C=O) groups excluding carboxylic acids is 2. The summed E-state index contributed by atoms with van der Waals surface area (Å²) in [5, 5.41) is 6.98. The second kappa shape index (κ2) is 11.3. The maximum absolute atomic E-state index is 12.7. The number of Topliss-reactive ketones (excluding diaryl/α,β-unsaturated/α-hetero) is 1. The molecule has 1 heterocycles. The number of aryl methyl sites for hydroxylation is 1. The van der Waals surface area contributed by atoms with Crippen LogP contribution in [0.4, 0.5) is 0 Å². The fraction of sp³-hybridized carbons (Fsp3) is 0.333. The first-order chi connectivity index (χ1) is 15.0. The third-order valence-corrected chi connectivity index (χ3v) is 5.61. The molecule has 0 aliphatic carbocycles. The van der Waals surface area contributed by atoms with E-state index in [9.17, 15) is 9.59 Å². The molecule has 7 heteroatoms. The summed E-state index contributed by atoms with van der Waals surface area (Å²) in [4.78, 5) is 24.8. The molecule has 2 aromatic carbocycles. The molecule has 0 saturated heterocycles. The minimum absolute atomic E-state index is 0.0808. The number of hydrogen-bond donors (Lipinski definition) is 2. The van der Waals surface area contributed by atoms with Gasteiger partial charge < -0.3 is 19.8 Å². The second-order valence-corrected chi connectivity index (χ2v) is 8.59. The number of rotatable bonds is 11. The largest absolute Gasteiger partial charge is 0.493 e. The van der Waals surface area contributed by atoms with E-state index in [2.05, 4.69) is 51.4 Å². The molecule has 0 unspecified atom stereocenters. The van der Waals surface area contributed by atoms with Crippen molar-refractivity contribution in [2.24, 2.45) is 0 Å². The standard InChI is InChI=1S/C24H27IN2O4/c1-16-13-20-19(7-9-22(30-2)24(20)31-16)21(28)8-10-23(29)27-12-4-11-26-15-17-5-3-6-18(25)14-17/h3,5-7,9,13-14,26H,4,8,10-12,15H2,1-2H3,(H,27,29). The highest BCUT2D eigenvalue weighted by atomic mass is 127. The topological polar surface area (TPSA) is 80.6 Å². The fourth-order valence-corrected chi connectivity index (χ4v) is 4.00. The number of carbonyl (C=O) groups is 2. The summed E-state index contributed by atoms with van der Waals surface area (Å²) in [5.41, 5.74) is 2.36. The summed E-state index contributed by atoms with van der Waals surface area (Å²) >= 11 is 2.30. The Labute approximate surface area is 195 Å². The zero-order valence-corrected chi connectivity index (χ0v) is 20.0. The van der Waals surface area contributed by atoms with Crippen LogP contribution in [0.5, 0.6) is 5.75 Å². The van der Waals surface area contributed by atoms with Gasteiger partial charge in [-0.3, -0.25) is 9.59 Å². The van der Waals surface area contributed by atoms with Gasteiger partial charge in [0.05, 0.1) is 7.11 Å². The van der Waals surface area contributed by atoms with E-state index >= 15 is 0 Å². The number of fused-ring (bicyclic) bond motifs is 1. The lowest BCUT2D eigenvalue weighted by molar-refractivity contribution is -0.121. The van der Waals surface area contributed by atoms with Crippen molar-refractivity contribution in [2.45, 2.75) is 32.7 Å². The van der Waals surface area contributed by atoms with Crippen LogP contribution < -0.4 is 15.4 Å². The number of nitrogens with one attached hydrogen (secondary N) is 2. The van der Waals surface area contributed by atoms with Crippen LogP contribution in [-0.4, -0.2) is 31.9 Å². The molecule has 1 aromatic heterocycles. The third kappa shape index (κ3) is 6.54. The van der Waals surface area contributed by atoms with Crippen LogP contribution >= 0.6 is 22.6 Å². The number of ether oxygens (including phenoxy) is 1. The Morgan fingerprint density at radius 1 is 1.10 bits per heavy atom. The first kappa shape index (κ1) is 23.3. The molecule has 0 fully saturated rings. The Morgan fingerprint density at radius 2 is 1.94 bits per heavy atom. The van der Waals surface area contributed by atoms with Gasteiger partial charge >= 0.3 is 0 Å². The monoisotopic (exact) mass is 534 g/mol. The van der Waals surface area contributed by atoms with E-state index in [1.807, 2.05) is 19.1 Å². The SMILES string of the molecule is COc1ccc(C(=O)CCC(=O)NCCCNCc2cccc(I)c2)c2cc(C)oc12. The number of halogens is 1. The minimum atomic E-state index is -0.112. The van der Waals surface area contributed by atoms with Crippen LogP contribution in [0.3, 0.4) is 0 Å². The van der Waals surface area contributed by atoms with Crippen LogP contribution in [0.15, 0.2) is 46.9 Å². The summed E-state index contributed by atoms with van der Waals surface area (Å²) in [6.07, 6.45) is 1.15. The number of benzene rings is 2. The smallest absolute Gasteiger partial charge is 0.220 e. The van der Waals surface area contributed by atoms with E-state index in [1.165, 1.54) is 9.13 Å². The van der Waals surface area contributed by atoms with Gasteiger partial charge in [0.15, 0.2) is 17.1 Å². The number of ketones is 1. The lowest BCUT2D eigenvalue weighted by Crippen LogP contribution is -2.27. The Morgan fingerprint density at radius 3 is 2.71 bits per heavy atom. The van der Waals surface area contributed by atoms with Crippen molar-refractivity contribution in [3.8, 4) is 5.75 Å². The van der Waals surface area contributed by atoms with Gasteiger partial charge in [-0.2, -0.15) is 0 Å². The van der Waals surface area contributed by atoms with E-state index in [1.54, 1.807) is 19.2 Å². The molecule has 0 spiro atoms. The molecule has 0 radical (unpaired) electrons. The van der Waals surface area contributed by atoms with Gasteiger partial charge in [-0.15, -0.1) is 0 Å². The third-order valence-electron chi connectivity index (χ3n) is 4.94. The summed E-state index contributed by atoms with van der Waals surface area (Å²) < 4.78 is 12.2. The molecule has 3 aromatic rings. The van der Waals surface area contributed by atoms with Crippen molar-refractivity contribution in [3.05, 3.63) is 62.9 Å². The number of furan rings is 1. The summed E-state index contributed by atoms with van der Waals surface area (Å²) in [6, 6.07) is 13.6. The summed E-state index contributed by atoms with van der Waals surface area (Å²) in [7, 11) is 1.57. The minimum Gasteiger partial charge on any atom is -0.493 e. The second-order valence-electron chi connectivity index (χ2n) is 7.35. The molecular formula is C24H27IN2O4. The summed E-state index contributed by atoms with van der Waals surface area (Å²) in [6.45, 7) is 4.04. The van der Waals surface area contributed by atoms with E-state index in [-0.39, 0.29) is 24.5 Å². The molecule has 0 atom stereocenters. The highest BCUT2D eigenvalue weighted by Gasteiger charge is 2.17.